The maximum absolute atomic E-state index is 14.1. The molecule has 0 aromatic heterocycles. The van der Waals surface area contributed by atoms with E-state index in [0.717, 1.165) is 16.7 Å². The smallest absolute Gasteiger partial charge is 0.412 e. The summed E-state index contributed by atoms with van der Waals surface area (Å²) in [6, 6.07) is 15.3. The lowest BCUT2D eigenvalue weighted by molar-refractivity contribution is -0.144. The maximum Gasteiger partial charge on any atom is 0.412 e. The van der Waals surface area contributed by atoms with Crippen LogP contribution in [0.5, 0.6) is 11.5 Å². The summed E-state index contributed by atoms with van der Waals surface area (Å²) in [4.78, 5) is 0. The first-order valence-electron chi connectivity index (χ1n) is 11.1. The van der Waals surface area contributed by atoms with Crippen LogP contribution in [0.1, 0.15) is 22.7 Å². The molecule has 0 amide bonds. The molecule has 1 aliphatic rings. The van der Waals surface area contributed by atoms with Gasteiger partial charge in [-0.2, -0.15) is 13.2 Å². The predicted octanol–water partition coefficient (Wildman–Crippen LogP) is 5.23. The van der Waals surface area contributed by atoms with Gasteiger partial charge in [-0.05, 0) is 52.9 Å². The van der Waals surface area contributed by atoms with Crippen molar-refractivity contribution in [3.8, 4) is 22.6 Å². The first-order chi connectivity index (χ1) is 16.4. The van der Waals surface area contributed by atoms with Crippen LogP contribution >= 0.6 is 0 Å². The Hall–Kier alpha value is -3.23. The molecule has 34 heavy (non-hydrogen) atoms. The minimum atomic E-state index is -4.49. The number of ether oxygens (including phenoxy) is 2. The number of hydrogen-bond acceptors (Lipinski definition) is 5. The fraction of sp³-hybridized carbons (Fsp3) is 0.308. The first-order valence-corrected chi connectivity index (χ1v) is 11.1. The molecule has 0 saturated carbocycles. The third-order valence-electron chi connectivity index (χ3n) is 5.74. The van der Waals surface area contributed by atoms with Crippen LogP contribution in [0.4, 0.5) is 18.9 Å². The number of halogens is 3. The molecule has 0 spiro atoms. The summed E-state index contributed by atoms with van der Waals surface area (Å²) in [5, 5.41) is 14.6. The Bertz CT molecular complexity index is 1120. The molecule has 5 nitrogen and oxygen atoms in total. The molecule has 0 aliphatic carbocycles. The molecule has 180 valence electrons. The summed E-state index contributed by atoms with van der Waals surface area (Å²) in [5.74, 6) is 1.29. The second kappa shape index (κ2) is 10.4. The molecule has 0 fully saturated rings. The molecular formula is C26H27F3N2O3. The van der Waals surface area contributed by atoms with Crippen molar-refractivity contribution in [1.82, 2.24) is 5.32 Å². The van der Waals surface area contributed by atoms with Gasteiger partial charge in [0.25, 0.3) is 0 Å². The molecule has 1 heterocycles. The van der Waals surface area contributed by atoms with Gasteiger partial charge in [-0.25, -0.2) is 0 Å². The number of nitrogens with one attached hydrogen (secondary N) is 2. The van der Waals surface area contributed by atoms with E-state index in [9.17, 15) is 13.2 Å². The molecule has 3 aromatic rings. The summed E-state index contributed by atoms with van der Waals surface area (Å²) in [6.45, 7) is 3.65. The Morgan fingerprint density at radius 3 is 2.41 bits per heavy atom. The van der Waals surface area contributed by atoms with Gasteiger partial charge in [0.05, 0.1) is 6.61 Å². The van der Waals surface area contributed by atoms with Crippen LogP contribution in [0.3, 0.4) is 0 Å². The molecule has 3 aromatic carbocycles. The minimum Gasteiger partial charge on any atom is -0.486 e. The van der Waals surface area contributed by atoms with E-state index in [1.807, 2.05) is 24.3 Å². The number of benzene rings is 3. The number of fused-ring (bicyclic) bond motifs is 1. The van der Waals surface area contributed by atoms with Crippen LogP contribution in [0.25, 0.3) is 11.1 Å². The highest BCUT2D eigenvalue weighted by atomic mass is 19.4. The van der Waals surface area contributed by atoms with Crippen LogP contribution in [0.2, 0.25) is 0 Å². The highest BCUT2D eigenvalue weighted by Gasteiger charge is 2.41. The second-order valence-corrected chi connectivity index (χ2v) is 8.10. The Morgan fingerprint density at radius 1 is 0.971 bits per heavy atom. The van der Waals surface area contributed by atoms with Crippen molar-refractivity contribution in [2.45, 2.75) is 25.7 Å². The number of alkyl halides is 3. The van der Waals surface area contributed by atoms with Gasteiger partial charge in [-0.3, -0.25) is 0 Å². The monoisotopic (exact) mass is 472 g/mol. The number of rotatable bonds is 8. The Balaban J connectivity index is 1.59. The molecule has 1 atom stereocenters. The molecule has 0 radical (unpaired) electrons. The number of anilines is 1. The SMILES string of the molecule is Cc1c(NC(c2ccc(CNCCO)cc2)C(F)(F)F)cccc1-c1ccc2c(c1)OCCO2. The fourth-order valence-electron chi connectivity index (χ4n) is 3.97. The second-order valence-electron chi connectivity index (χ2n) is 8.10. The van der Waals surface area contributed by atoms with Gasteiger partial charge < -0.3 is 25.2 Å². The summed E-state index contributed by atoms with van der Waals surface area (Å²) >= 11 is 0. The van der Waals surface area contributed by atoms with Crippen LogP contribution < -0.4 is 20.1 Å². The number of hydrogen-bond donors (Lipinski definition) is 3. The Morgan fingerprint density at radius 2 is 1.71 bits per heavy atom. The lowest BCUT2D eigenvalue weighted by Gasteiger charge is -2.25. The highest BCUT2D eigenvalue weighted by Crippen LogP contribution is 2.40. The normalized spacial score (nSPS) is 14.0. The highest BCUT2D eigenvalue weighted by molar-refractivity contribution is 5.75. The number of aliphatic hydroxyl groups is 1. The van der Waals surface area contributed by atoms with Gasteiger partial charge in [0, 0.05) is 18.8 Å². The van der Waals surface area contributed by atoms with E-state index in [1.54, 1.807) is 31.2 Å². The van der Waals surface area contributed by atoms with Crippen molar-refractivity contribution >= 4 is 5.69 Å². The van der Waals surface area contributed by atoms with Crippen molar-refractivity contribution < 1.29 is 27.8 Å². The lowest BCUT2D eigenvalue weighted by atomic mass is 9.97. The topological polar surface area (TPSA) is 62.8 Å². The van der Waals surface area contributed by atoms with Gasteiger partial charge in [0.15, 0.2) is 11.5 Å². The van der Waals surface area contributed by atoms with Gasteiger partial charge in [0.2, 0.25) is 0 Å². The van der Waals surface area contributed by atoms with Crippen LogP contribution in [-0.2, 0) is 6.54 Å². The van der Waals surface area contributed by atoms with E-state index < -0.39 is 12.2 Å². The largest absolute Gasteiger partial charge is 0.486 e. The van der Waals surface area contributed by atoms with E-state index in [1.165, 1.54) is 12.1 Å². The summed E-state index contributed by atoms with van der Waals surface area (Å²) < 4.78 is 53.4. The van der Waals surface area contributed by atoms with E-state index in [-0.39, 0.29) is 12.2 Å². The molecule has 1 unspecified atom stereocenters. The van der Waals surface area contributed by atoms with Crippen molar-refractivity contribution in [3.05, 3.63) is 77.4 Å². The van der Waals surface area contributed by atoms with E-state index in [2.05, 4.69) is 10.6 Å². The van der Waals surface area contributed by atoms with Crippen LogP contribution in [-0.4, -0.2) is 37.6 Å². The van der Waals surface area contributed by atoms with Crippen molar-refractivity contribution in [1.29, 1.82) is 0 Å². The third kappa shape index (κ3) is 5.46. The van der Waals surface area contributed by atoms with Crippen molar-refractivity contribution in [2.75, 3.05) is 31.7 Å². The van der Waals surface area contributed by atoms with Crippen molar-refractivity contribution in [3.63, 3.8) is 0 Å². The summed E-state index contributed by atoms with van der Waals surface area (Å²) in [6.07, 6.45) is -4.49. The zero-order valence-corrected chi connectivity index (χ0v) is 18.8. The fourth-order valence-corrected chi connectivity index (χ4v) is 3.97. The average molecular weight is 473 g/mol. The molecule has 1 aliphatic heterocycles. The molecular weight excluding hydrogens is 445 g/mol. The Labute approximate surface area is 196 Å². The summed E-state index contributed by atoms with van der Waals surface area (Å²) in [7, 11) is 0. The molecule has 0 saturated heterocycles. The maximum atomic E-state index is 14.1. The molecule has 8 heteroatoms. The first kappa shape index (κ1) is 23.9. The standard InChI is InChI=1S/C26H27F3N2O3/c1-17-21(20-9-10-23-24(15-20)34-14-13-33-23)3-2-4-22(17)31-25(26(27,28)29)19-7-5-18(6-8-19)16-30-11-12-32/h2-10,15,25,30-32H,11-14,16H2,1H3. The molecule has 4 rings (SSSR count). The van der Waals surface area contributed by atoms with Crippen molar-refractivity contribution in [2.24, 2.45) is 0 Å². The minimum absolute atomic E-state index is 0.00280. The van der Waals surface area contributed by atoms with Gasteiger partial charge in [0.1, 0.15) is 19.3 Å². The lowest BCUT2D eigenvalue weighted by Crippen LogP contribution is -2.28. The van der Waals surface area contributed by atoms with Crippen LogP contribution in [0.15, 0.2) is 60.7 Å². The molecule has 0 bridgehead atoms. The van der Waals surface area contributed by atoms with Crippen LogP contribution in [0, 0.1) is 6.92 Å². The third-order valence-corrected chi connectivity index (χ3v) is 5.74. The van der Waals surface area contributed by atoms with Gasteiger partial charge in [-0.1, -0.05) is 42.5 Å². The van der Waals surface area contributed by atoms with E-state index >= 15 is 0 Å². The summed E-state index contributed by atoms with van der Waals surface area (Å²) in [5.41, 5.74) is 3.74. The predicted molar refractivity (Wildman–Crippen MR) is 125 cm³/mol. The quantitative estimate of drug-likeness (QED) is 0.392. The number of aliphatic hydroxyl groups excluding tert-OH is 1. The zero-order valence-electron chi connectivity index (χ0n) is 18.8. The van der Waals surface area contributed by atoms with Gasteiger partial charge >= 0.3 is 6.18 Å². The Kier molecular flexibility index (Phi) is 7.29. The van der Waals surface area contributed by atoms with Gasteiger partial charge in [-0.15, -0.1) is 0 Å². The zero-order chi connectivity index (χ0) is 24.1. The van der Waals surface area contributed by atoms with E-state index in [4.69, 9.17) is 14.6 Å². The molecule has 3 N–H and O–H groups in total. The van der Waals surface area contributed by atoms with E-state index in [0.29, 0.717) is 49.1 Å². The average Bonchev–Trinajstić information content (AvgIpc) is 2.83.